The fraction of sp³-hybridized carbons (Fsp3) is 0.238. The number of hydrogen-bond acceptors (Lipinski definition) is 5. The number of rotatable bonds is 7. The number of para-hydroxylation sites is 1. The van der Waals surface area contributed by atoms with Crippen molar-refractivity contribution in [2.24, 2.45) is 7.05 Å². The monoisotopic (exact) mass is 389 g/mol. The molecule has 0 saturated carbocycles. The van der Waals surface area contributed by atoms with Crippen LogP contribution in [0.5, 0.6) is 0 Å². The third-order valence-corrected chi connectivity index (χ3v) is 4.69. The van der Waals surface area contributed by atoms with Crippen LogP contribution in [-0.2, 0) is 18.3 Å². The number of amides is 1. The minimum atomic E-state index is -0.00135. The van der Waals surface area contributed by atoms with E-state index in [0.29, 0.717) is 31.1 Å². The second-order valence-electron chi connectivity index (χ2n) is 6.90. The van der Waals surface area contributed by atoms with Gasteiger partial charge in [0.15, 0.2) is 5.82 Å². The lowest BCUT2D eigenvalue weighted by Gasteiger charge is -2.08. The molecule has 8 heteroatoms. The quantitative estimate of drug-likeness (QED) is 0.473. The van der Waals surface area contributed by atoms with Gasteiger partial charge in [-0.15, -0.1) is 0 Å². The van der Waals surface area contributed by atoms with E-state index in [0.717, 1.165) is 22.2 Å². The van der Waals surface area contributed by atoms with Crippen molar-refractivity contribution in [3.05, 3.63) is 66.4 Å². The number of hydrogen-bond donors (Lipinski definition) is 2. The first-order valence-corrected chi connectivity index (χ1v) is 9.48. The Hall–Kier alpha value is -3.68. The molecule has 148 valence electrons. The van der Waals surface area contributed by atoms with Gasteiger partial charge < -0.3 is 15.2 Å². The van der Waals surface area contributed by atoms with Gasteiger partial charge in [-0.25, -0.2) is 14.6 Å². The summed E-state index contributed by atoms with van der Waals surface area (Å²) in [6, 6.07) is 11.8. The van der Waals surface area contributed by atoms with Gasteiger partial charge in [0.2, 0.25) is 5.91 Å². The highest BCUT2D eigenvalue weighted by atomic mass is 16.1. The molecule has 4 aromatic rings. The van der Waals surface area contributed by atoms with E-state index in [1.54, 1.807) is 4.68 Å². The summed E-state index contributed by atoms with van der Waals surface area (Å²) >= 11 is 0. The summed E-state index contributed by atoms with van der Waals surface area (Å²) < 4.78 is 3.75. The van der Waals surface area contributed by atoms with Crippen molar-refractivity contribution in [3.63, 3.8) is 0 Å². The molecular weight excluding hydrogens is 366 g/mol. The van der Waals surface area contributed by atoms with Gasteiger partial charge in [-0.05, 0) is 24.6 Å². The van der Waals surface area contributed by atoms with Gasteiger partial charge in [0.05, 0.1) is 12.1 Å². The first-order valence-electron chi connectivity index (χ1n) is 9.48. The highest BCUT2D eigenvalue weighted by Gasteiger charge is 2.10. The van der Waals surface area contributed by atoms with Crippen LogP contribution in [0.2, 0.25) is 0 Å². The summed E-state index contributed by atoms with van der Waals surface area (Å²) in [5, 5.41) is 11.6. The third kappa shape index (κ3) is 4.26. The lowest BCUT2D eigenvalue weighted by atomic mass is 10.1. The lowest BCUT2D eigenvalue weighted by Crippen LogP contribution is -2.30. The van der Waals surface area contributed by atoms with Gasteiger partial charge >= 0.3 is 0 Å². The van der Waals surface area contributed by atoms with Crippen molar-refractivity contribution in [2.75, 3.05) is 18.4 Å². The molecule has 0 aliphatic carbocycles. The summed E-state index contributed by atoms with van der Waals surface area (Å²) in [6.07, 6.45) is 5.72. The summed E-state index contributed by atoms with van der Waals surface area (Å²) in [5.74, 6) is 1.38. The van der Waals surface area contributed by atoms with E-state index in [9.17, 15) is 4.79 Å². The molecule has 0 bridgehead atoms. The molecule has 0 aliphatic rings. The highest BCUT2D eigenvalue weighted by Crippen LogP contribution is 2.20. The van der Waals surface area contributed by atoms with E-state index in [-0.39, 0.29) is 5.91 Å². The Balaban J connectivity index is 1.29. The molecule has 0 saturated heterocycles. The second kappa shape index (κ2) is 8.14. The summed E-state index contributed by atoms with van der Waals surface area (Å²) in [7, 11) is 1.99. The maximum atomic E-state index is 12.3. The molecule has 1 amide bonds. The molecule has 1 aromatic carbocycles. The highest BCUT2D eigenvalue weighted by molar-refractivity contribution is 5.89. The van der Waals surface area contributed by atoms with Crippen molar-refractivity contribution in [2.45, 2.75) is 13.3 Å². The Morgan fingerprint density at radius 1 is 1.14 bits per heavy atom. The molecule has 4 rings (SSSR count). The molecule has 8 nitrogen and oxygen atoms in total. The second-order valence-corrected chi connectivity index (χ2v) is 6.90. The first kappa shape index (κ1) is 18.7. The number of carbonyl (C=O) groups is 1. The molecule has 29 heavy (non-hydrogen) atoms. The molecule has 0 aliphatic heterocycles. The van der Waals surface area contributed by atoms with E-state index in [1.165, 1.54) is 6.33 Å². The summed E-state index contributed by atoms with van der Waals surface area (Å²) in [6.45, 7) is 3.00. The standard InChI is InChI=1S/C21H23N7O/c1-15-7-10-28(26-15)20-12-19(24-14-25-20)22-8-9-23-21(29)11-16-13-27(2)18-6-4-3-5-17(16)18/h3-7,10,12-14H,8-9,11H2,1-2H3,(H,23,29)(H,22,24,25). The Morgan fingerprint density at radius 2 is 2.00 bits per heavy atom. The number of anilines is 1. The molecule has 3 heterocycles. The van der Waals surface area contributed by atoms with Crippen LogP contribution in [0.4, 0.5) is 5.82 Å². The molecule has 3 aromatic heterocycles. The minimum Gasteiger partial charge on any atom is -0.368 e. The third-order valence-electron chi connectivity index (χ3n) is 4.69. The average Bonchev–Trinajstić information content (AvgIpc) is 3.30. The molecular formula is C21H23N7O. The Labute approximate surface area is 168 Å². The number of nitrogens with one attached hydrogen (secondary N) is 2. The number of carbonyl (C=O) groups excluding carboxylic acids is 1. The van der Waals surface area contributed by atoms with E-state index in [1.807, 2.05) is 61.3 Å². The fourth-order valence-electron chi connectivity index (χ4n) is 3.31. The smallest absolute Gasteiger partial charge is 0.224 e. The maximum Gasteiger partial charge on any atom is 0.224 e. The van der Waals surface area contributed by atoms with E-state index in [4.69, 9.17) is 0 Å². The van der Waals surface area contributed by atoms with Crippen LogP contribution in [0.15, 0.2) is 55.1 Å². The van der Waals surface area contributed by atoms with Crippen molar-refractivity contribution >= 4 is 22.6 Å². The molecule has 0 fully saturated rings. The predicted molar refractivity (Wildman–Crippen MR) is 112 cm³/mol. The van der Waals surface area contributed by atoms with Crippen LogP contribution >= 0.6 is 0 Å². The molecule has 0 unspecified atom stereocenters. The van der Waals surface area contributed by atoms with Gasteiger partial charge in [-0.1, -0.05) is 18.2 Å². The summed E-state index contributed by atoms with van der Waals surface area (Å²) in [5.41, 5.74) is 3.08. The van der Waals surface area contributed by atoms with Crippen LogP contribution in [0, 0.1) is 6.92 Å². The lowest BCUT2D eigenvalue weighted by molar-refractivity contribution is -0.120. The largest absolute Gasteiger partial charge is 0.368 e. The van der Waals surface area contributed by atoms with Crippen molar-refractivity contribution in [3.8, 4) is 5.82 Å². The van der Waals surface area contributed by atoms with Gasteiger partial charge in [0, 0.05) is 49.5 Å². The Morgan fingerprint density at radius 3 is 2.83 bits per heavy atom. The van der Waals surface area contributed by atoms with E-state index < -0.39 is 0 Å². The van der Waals surface area contributed by atoms with Crippen LogP contribution in [-0.4, -0.2) is 43.3 Å². The number of fused-ring (bicyclic) bond motifs is 1. The van der Waals surface area contributed by atoms with Crippen LogP contribution < -0.4 is 10.6 Å². The molecule has 2 N–H and O–H groups in total. The zero-order valence-electron chi connectivity index (χ0n) is 16.5. The van der Waals surface area contributed by atoms with E-state index >= 15 is 0 Å². The van der Waals surface area contributed by atoms with E-state index in [2.05, 4.69) is 31.8 Å². The molecule has 0 radical (unpaired) electrons. The zero-order chi connectivity index (χ0) is 20.2. The Bertz CT molecular complexity index is 1140. The number of nitrogens with zero attached hydrogens (tertiary/aromatic N) is 5. The number of aryl methyl sites for hydroxylation is 2. The average molecular weight is 389 g/mol. The Kier molecular flexibility index (Phi) is 5.24. The maximum absolute atomic E-state index is 12.3. The van der Waals surface area contributed by atoms with Crippen LogP contribution in [0.3, 0.4) is 0 Å². The topological polar surface area (TPSA) is 89.7 Å². The van der Waals surface area contributed by atoms with Gasteiger partial charge in [0.1, 0.15) is 12.1 Å². The molecule has 0 spiro atoms. The zero-order valence-corrected chi connectivity index (χ0v) is 16.5. The SMILES string of the molecule is Cc1ccn(-c2cc(NCCNC(=O)Cc3cn(C)c4ccccc34)ncn2)n1. The van der Waals surface area contributed by atoms with Crippen LogP contribution in [0.25, 0.3) is 16.7 Å². The molecule has 0 atom stereocenters. The first-order chi connectivity index (χ1) is 14.1. The summed E-state index contributed by atoms with van der Waals surface area (Å²) in [4.78, 5) is 20.8. The van der Waals surface area contributed by atoms with Gasteiger partial charge in [-0.3, -0.25) is 4.79 Å². The van der Waals surface area contributed by atoms with Crippen molar-refractivity contribution < 1.29 is 4.79 Å². The number of benzene rings is 1. The normalized spacial score (nSPS) is 11.0. The fourth-order valence-corrected chi connectivity index (χ4v) is 3.31. The predicted octanol–water partition coefficient (Wildman–Crippen LogP) is 2.23. The minimum absolute atomic E-state index is 0.00135. The van der Waals surface area contributed by atoms with Crippen molar-refractivity contribution in [1.29, 1.82) is 0 Å². The number of aromatic nitrogens is 5. The van der Waals surface area contributed by atoms with Gasteiger partial charge in [-0.2, -0.15) is 5.10 Å². The van der Waals surface area contributed by atoms with Gasteiger partial charge in [0.25, 0.3) is 0 Å². The van der Waals surface area contributed by atoms with Crippen LogP contribution in [0.1, 0.15) is 11.3 Å². The van der Waals surface area contributed by atoms with Crippen molar-refractivity contribution in [1.82, 2.24) is 29.6 Å².